The summed E-state index contributed by atoms with van der Waals surface area (Å²) in [6.45, 7) is 1.92. The molecule has 0 spiro atoms. The van der Waals surface area contributed by atoms with Gasteiger partial charge in [0.15, 0.2) is 18.1 Å². The molecule has 6 nitrogen and oxygen atoms in total. The molecular weight excluding hydrogens is 435 g/mol. The summed E-state index contributed by atoms with van der Waals surface area (Å²) in [4.78, 5) is 17.0. The normalized spacial score (nSPS) is 10.8. The average Bonchev–Trinajstić information content (AvgIpc) is 2.78. The standard InChI is InChI=1S/C24H22ClFN2O4/c1-16-3-9-20(10-4-16)28-23(29)15-32-27-13-18-11-21(25)24(22(12-18)30-2)31-14-17-5-7-19(26)8-6-17/h3-13H,14-15H2,1-2H3,(H,28,29)/b27-13+. The van der Waals surface area contributed by atoms with Gasteiger partial charge >= 0.3 is 0 Å². The Hall–Kier alpha value is -3.58. The molecule has 0 saturated carbocycles. The van der Waals surface area contributed by atoms with Crippen molar-refractivity contribution in [2.75, 3.05) is 19.0 Å². The predicted molar refractivity (Wildman–Crippen MR) is 122 cm³/mol. The molecule has 0 saturated heterocycles. The zero-order valence-corrected chi connectivity index (χ0v) is 18.4. The van der Waals surface area contributed by atoms with Crippen LogP contribution in [-0.4, -0.2) is 25.8 Å². The number of nitrogens with zero attached hydrogens (tertiary/aromatic N) is 1. The van der Waals surface area contributed by atoms with Crippen LogP contribution in [0.4, 0.5) is 10.1 Å². The molecule has 3 aromatic rings. The molecule has 0 heterocycles. The summed E-state index contributed by atoms with van der Waals surface area (Å²) < 4.78 is 24.1. The Morgan fingerprint density at radius 1 is 1.12 bits per heavy atom. The minimum absolute atomic E-state index is 0.197. The van der Waals surface area contributed by atoms with E-state index in [4.69, 9.17) is 25.9 Å². The molecule has 8 heteroatoms. The fourth-order valence-corrected chi connectivity index (χ4v) is 2.99. The van der Waals surface area contributed by atoms with Crippen LogP contribution in [0, 0.1) is 12.7 Å². The molecular formula is C24H22ClFN2O4. The van der Waals surface area contributed by atoms with Gasteiger partial charge in [-0.05, 0) is 48.9 Å². The van der Waals surface area contributed by atoms with Crippen molar-refractivity contribution in [2.24, 2.45) is 5.16 Å². The van der Waals surface area contributed by atoms with Gasteiger partial charge in [0, 0.05) is 11.3 Å². The lowest BCUT2D eigenvalue weighted by Gasteiger charge is -2.13. The van der Waals surface area contributed by atoms with Gasteiger partial charge < -0.3 is 19.6 Å². The number of ether oxygens (including phenoxy) is 2. The Bertz CT molecular complexity index is 1090. The molecule has 166 valence electrons. The molecule has 0 radical (unpaired) electrons. The van der Waals surface area contributed by atoms with E-state index in [0.717, 1.165) is 11.1 Å². The lowest BCUT2D eigenvalue weighted by molar-refractivity contribution is -0.120. The van der Waals surface area contributed by atoms with E-state index in [9.17, 15) is 9.18 Å². The zero-order valence-electron chi connectivity index (χ0n) is 17.6. The Balaban J connectivity index is 1.56. The second-order valence-corrected chi connectivity index (χ2v) is 7.28. The third-order valence-electron chi connectivity index (χ3n) is 4.36. The maximum absolute atomic E-state index is 13.0. The summed E-state index contributed by atoms with van der Waals surface area (Å²) in [6, 6.07) is 16.7. The summed E-state index contributed by atoms with van der Waals surface area (Å²) >= 11 is 6.34. The van der Waals surface area contributed by atoms with Crippen molar-refractivity contribution >= 4 is 29.4 Å². The van der Waals surface area contributed by atoms with Crippen molar-refractivity contribution in [3.05, 3.63) is 88.2 Å². The first-order valence-corrected chi connectivity index (χ1v) is 10.1. The van der Waals surface area contributed by atoms with Gasteiger partial charge in [-0.25, -0.2) is 4.39 Å². The minimum atomic E-state index is -0.328. The number of benzene rings is 3. The van der Waals surface area contributed by atoms with Crippen molar-refractivity contribution < 1.29 is 23.5 Å². The number of hydrogen-bond donors (Lipinski definition) is 1. The molecule has 0 aromatic heterocycles. The number of halogens is 2. The minimum Gasteiger partial charge on any atom is -0.493 e. The first-order chi connectivity index (χ1) is 15.4. The molecule has 32 heavy (non-hydrogen) atoms. The van der Waals surface area contributed by atoms with Gasteiger partial charge in [0.25, 0.3) is 5.91 Å². The molecule has 0 unspecified atom stereocenters. The number of amides is 1. The fourth-order valence-electron chi connectivity index (χ4n) is 2.72. The van der Waals surface area contributed by atoms with Gasteiger partial charge in [0.2, 0.25) is 0 Å². The van der Waals surface area contributed by atoms with Crippen molar-refractivity contribution in [1.29, 1.82) is 0 Å². The molecule has 1 N–H and O–H groups in total. The summed E-state index contributed by atoms with van der Waals surface area (Å²) in [5, 5.41) is 6.84. The Labute approximate surface area is 190 Å². The molecule has 3 aromatic carbocycles. The average molecular weight is 457 g/mol. The highest BCUT2D eigenvalue weighted by Gasteiger charge is 2.12. The van der Waals surface area contributed by atoms with E-state index in [-0.39, 0.29) is 24.9 Å². The topological polar surface area (TPSA) is 69.2 Å². The van der Waals surface area contributed by atoms with Gasteiger partial charge in [-0.15, -0.1) is 0 Å². The summed E-state index contributed by atoms with van der Waals surface area (Å²) in [7, 11) is 1.49. The van der Waals surface area contributed by atoms with Crippen molar-refractivity contribution in [3.8, 4) is 11.5 Å². The quantitative estimate of drug-likeness (QED) is 0.347. The van der Waals surface area contributed by atoms with Crippen LogP contribution in [0.1, 0.15) is 16.7 Å². The number of oxime groups is 1. The molecule has 0 aliphatic carbocycles. The smallest absolute Gasteiger partial charge is 0.265 e. The highest BCUT2D eigenvalue weighted by atomic mass is 35.5. The maximum atomic E-state index is 13.0. The van der Waals surface area contributed by atoms with Crippen LogP contribution in [0.25, 0.3) is 0 Å². The first kappa shape index (κ1) is 23.1. The summed E-state index contributed by atoms with van der Waals surface area (Å²) in [5.74, 6) is 0.112. The SMILES string of the molecule is COc1cc(/C=N/OCC(=O)Nc2ccc(C)cc2)cc(Cl)c1OCc1ccc(F)cc1. The number of hydrogen-bond acceptors (Lipinski definition) is 5. The van der Waals surface area contributed by atoms with Gasteiger partial charge in [-0.3, -0.25) is 4.79 Å². The molecule has 1 amide bonds. The number of aryl methyl sites for hydroxylation is 1. The van der Waals surface area contributed by atoms with E-state index in [1.54, 1.807) is 24.3 Å². The van der Waals surface area contributed by atoms with E-state index in [2.05, 4.69) is 10.5 Å². The number of nitrogens with one attached hydrogen (secondary N) is 1. The van der Waals surface area contributed by atoms with Gasteiger partial charge in [0.1, 0.15) is 12.4 Å². The number of rotatable bonds is 9. The van der Waals surface area contributed by atoms with E-state index in [0.29, 0.717) is 27.8 Å². The van der Waals surface area contributed by atoms with E-state index >= 15 is 0 Å². The maximum Gasteiger partial charge on any atom is 0.265 e. The number of carbonyl (C=O) groups excluding carboxylic acids is 1. The van der Waals surface area contributed by atoms with Crippen LogP contribution in [0.15, 0.2) is 65.8 Å². The van der Waals surface area contributed by atoms with Gasteiger partial charge in [0.05, 0.1) is 18.3 Å². The summed E-state index contributed by atoms with van der Waals surface area (Å²) in [6.07, 6.45) is 1.41. The van der Waals surface area contributed by atoms with Gasteiger partial charge in [-0.1, -0.05) is 46.6 Å². The molecule has 0 aliphatic rings. The third-order valence-corrected chi connectivity index (χ3v) is 4.64. The van der Waals surface area contributed by atoms with Gasteiger partial charge in [-0.2, -0.15) is 0 Å². The molecule has 0 aliphatic heterocycles. The van der Waals surface area contributed by atoms with Crippen LogP contribution >= 0.6 is 11.6 Å². The fraction of sp³-hybridized carbons (Fsp3) is 0.167. The second kappa shape index (κ2) is 11.2. The zero-order chi connectivity index (χ0) is 22.9. The van der Waals surface area contributed by atoms with Crippen LogP contribution < -0.4 is 14.8 Å². The molecule has 0 fully saturated rings. The van der Waals surface area contributed by atoms with E-state index in [1.807, 2.05) is 31.2 Å². The van der Waals surface area contributed by atoms with Crippen LogP contribution in [0.3, 0.4) is 0 Å². The van der Waals surface area contributed by atoms with Crippen LogP contribution in [0.2, 0.25) is 5.02 Å². The molecule has 0 atom stereocenters. The number of anilines is 1. The number of carbonyl (C=O) groups is 1. The molecule has 0 bridgehead atoms. The largest absolute Gasteiger partial charge is 0.493 e. The predicted octanol–water partition coefficient (Wildman–Crippen LogP) is 5.36. The highest BCUT2D eigenvalue weighted by Crippen LogP contribution is 2.36. The van der Waals surface area contributed by atoms with Crippen LogP contribution in [0.5, 0.6) is 11.5 Å². The lowest BCUT2D eigenvalue weighted by atomic mass is 10.2. The second-order valence-electron chi connectivity index (χ2n) is 6.87. The van der Waals surface area contributed by atoms with E-state index < -0.39 is 0 Å². The Morgan fingerprint density at radius 3 is 2.53 bits per heavy atom. The lowest BCUT2D eigenvalue weighted by Crippen LogP contribution is -2.16. The van der Waals surface area contributed by atoms with Crippen molar-refractivity contribution in [3.63, 3.8) is 0 Å². The molecule has 3 rings (SSSR count). The van der Waals surface area contributed by atoms with E-state index in [1.165, 1.54) is 25.5 Å². The van der Waals surface area contributed by atoms with Crippen LogP contribution in [-0.2, 0) is 16.2 Å². The first-order valence-electron chi connectivity index (χ1n) is 9.71. The number of methoxy groups -OCH3 is 1. The van der Waals surface area contributed by atoms with Crippen molar-refractivity contribution in [2.45, 2.75) is 13.5 Å². The van der Waals surface area contributed by atoms with Crippen molar-refractivity contribution in [1.82, 2.24) is 0 Å². The Morgan fingerprint density at radius 2 is 1.84 bits per heavy atom. The Kier molecular flexibility index (Phi) is 8.05. The highest BCUT2D eigenvalue weighted by molar-refractivity contribution is 6.32. The monoisotopic (exact) mass is 456 g/mol. The third kappa shape index (κ3) is 6.72. The summed E-state index contributed by atoms with van der Waals surface area (Å²) in [5.41, 5.74) is 3.16.